The second-order valence-electron chi connectivity index (χ2n) is 7.01. The van der Waals surface area contributed by atoms with Crippen LogP contribution in [0.2, 0.25) is 5.02 Å². The van der Waals surface area contributed by atoms with Crippen LogP contribution in [0.15, 0.2) is 76.8 Å². The van der Waals surface area contributed by atoms with Crippen LogP contribution in [0.25, 0.3) is 11.0 Å². The second-order valence-corrected chi connectivity index (χ2v) is 10.2. The number of carbonyl (C=O) groups excluding carboxylic acids is 1. The topological polar surface area (TPSA) is 99.5 Å². The lowest BCUT2D eigenvalue weighted by atomic mass is 10.3. The molecule has 0 atom stereocenters. The SMILES string of the molecule is COc1ccc(S(=O)(=O)n2c(SCC(=O)Nc3cc(Cl)ccc3OC)nc3ccccc32)cc1. The number of thioether (sulfide) groups is 1. The Morgan fingerprint density at radius 1 is 1.06 bits per heavy atom. The van der Waals surface area contributed by atoms with Crippen LogP contribution in [0.4, 0.5) is 5.69 Å². The highest BCUT2D eigenvalue weighted by Gasteiger charge is 2.25. The van der Waals surface area contributed by atoms with E-state index in [2.05, 4.69) is 10.3 Å². The number of aromatic nitrogens is 2. The predicted molar refractivity (Wildman–Crippen MR) is 133 cm³/mol. The minimum atomic E-state index is -3.99. The average Bonchev–Trinajstić information content (AvgIpc) is 3.22. The van der Waals surface area contributed by atoms with E-state index in [9.17, 15) is 13.2 Å². The van der Waals surface area contributed by atoms with Gasteiger partial charge in [0.2, 0.25) is 5.91 Å². The van der Waals surface area contributed by atoms with Crippen LogP contribution in [0.3, 0.4) is 0 Å². The summed E-state index contributed by atoms with van der Waals surface area (Å²) in [5.74, 6) is 0.539. The molecule has 4 aromatic rings. The summed E-state index contributed by atoms with van der Waals surface area (Å²) in [7, 11) is -1.00. The molecule has 1 N–H and O–H groups in total. The van der Waals surface area contributed by atoms with E-state index in [0.717, 1.165) is 15.7 Å². The summed E-state index contributed by atoms with van der Waals surface area (Å²) in [5.41, 5.74) is 1.33. The van der Waals surface area contributed by atoms with Crippen molar-refractivity contribution in [2.45, 2.75) is 10.1 Å². The number of hydrogen-bond acceptors (Lipinski definition) is 7. The fourth-order valence-electron chi connectivity index (χ4n) is 3.25. The van der Waals surface area contributed by atoms with Crippen LogP contribution in [0.5, 0.6) is 11.5 Å². The van der Waals surface area contributed by atoms with Crippen LogP contribution in [-0.2, 0) is 14.8 Å². The Bertz CT molecular complexity index is 1450. The molecule has 0 radical (unpaired) electrons. The lowest BCUT2D eigenvalue weighted by Crippen LogP contribution is -2.17. The van der Waals surface area contributed by atoms with Gasteiger partial charge in [-0.05, 0) is 54.6 Å². The van der Waals surface area contributed by atoms with Gasteiger partial charge >= 0.3 is 0 Å². The predicted octanol–water partition coefficient (Wildman–Crippen LogP) is 4.67. The molecule has 0 saturated heterocycles. The van der Waals surface area contributed by atoms with Gasteiger partial charge in [0.15, 0.2) is 5.16 Å². The Hall–Kier alpha value is -3.21. The zero-order valence-electron chi connectivity index (χ0n) is 18.2. The van der Waals surface area contributed by atoms with Crippen molar-refractivity contribution in [3.05, 3.63) is 71.8 Å². The van der Waals surface area contributed by atoms with Crippen LogP contribution >= 0.6 is 23.4 Å². The molecule has 0 saturated carbocycles. The van der Waals surface area contributed by atoms with Crippen LogP contribution in [0, 0.1) is 0 Å². The number of amides is 1. The van der Waals surface area contributed by atoms with Crippen LogP contribution in [0.1, 0.15) is 0 Å². The highest BCUT2D eigenvalue weighted by atomic mass is 35.5. The van der Waals surface area contributed by atoms with Gasteiger partial charge in [-0.2, -0.15) is 0 Å². The highest BCUT2D eigenvalue weighted by molar-refractivity contribution is 8.00. The largest absolute Gasteiger partial charge is 0.497 e. The molecule has 1 amide bonds. The Labute approximate surface area is 205 Å². The number of imidazole rings is 1. The summed E-state index contributed by atoms with van der Waals surface area (Å²) in [6.45, 7) is 0. The van der Waals surface area contributed by atoms with Crippen molar-refractivity contribution >= 4 is 56.0 Å². The maximum absolute atomic E-state index is 13.5. The maximum atomic E-state index is 13.5. The zero-order valence-corrected chi connectivity index (χ0v) is 20.6. The van der Waals surface area contributed by atoms with E-state index < -0.39 is 10.0 Å². The Balaban J connectivity index is 1.64. The van der Waals surface area contributed by atoms with Gasteiger partial charge in [-0.3, -0.25) is 4.79 Å². The van der Waals surface area contributed by atoms with E-state index in [1.54, 1.807) is 54.6 Å². The molecule has 8 nitrogen and oxygen atoms in total. The van der Waals surface area contributed by atoms with Gasteiger partial charge in [0, 0.05) is 5.02 Å². The molecule has 3 aromatic carbocycles. The molecule has 11 heteroatoms. The number of benzene rings is 3. The molecule has 0 spiro atoms. The van der Waals surface area contributed by atoms with E-state index in [-0.39, 0.29) is 21.7 Å². The lowest BCUT2D eigenvalue weighted by molar-refractivity contribution is -0.113. The maximum Gasteiger partial charge on any atom is 0.270 e. The van der Waals surface area contributed by atoms with Gasteiger partial charge in [0.25, 0.3) is 10.0 Å². The van der Waals surface area contributed by atoms with Crippen LogP contribution in [-0.4, -0.2) is 43.3 Å². The molecule has 0 aliphatic heterocycles. The summed E-state index contributed by atoms with van der Waals surface area (Å²) in [5, 5.41) is 3.35. The Morgan fingerprint density at radius 3 is 2.50 bits per heavy atom. The monoisotopic (exact) mass is 517 g/mol. The number of nitrogens with zero attached hydrogens (tertiary/aromatic N) is 2. The van der Waals surface area contributed by atoms with Crippen molar-refractivity contribution in [3.63, 3.8) is 0 Å². The van der Waals surface area contributed by atoms with Crippen molar-refractivity contribution in [1.29, 1.82) is 0 Å². The third-order valence-corrected chi connectivity index (χ3v) is 7.86. The minimum Gasteiger partial charge on any atom is -0.497 e. The van der Waals surface area contributed by atoms with E-state index in [1.807, 2.05) is 0 Å². The molecule has 34 heavy (non-hydrogen) atoms. The van der Waals surface area contributed by atoms with Gasteiger partial charge < -0.3 is 14.8 Å². The van der Waals surface area contributed by atoms with E-state index >= 15 is 0 Å². The first-order chi connectivity index (χ1) is 16.3. The molecule has 0 unspecified atom stereocenters. The van der Waals surface area contributed by atoms with E-state index in [4.69, 9.17) is 21.1 Å². The van der Waals surface area contributed by atoms with Crippen LogP contribution < -0.4 is 14.8 Å². The quantitative estimate of drug-likeness (QED) is 0.339. The number of para-hydroxylation sites is 2. The lowest BCUT2D eigenvalue weighted by Gasteiger charge is -2.12. The van der Waals surface area contributed by atoms with Gasteiger partial charge in [0.1, 0.15) is 11.5 Å². The summed E-state index contributed by atoms with van der Waals surface area (Å²) < 4.78 is 38.6. The number of hydrogen-bond donors (Lipinski definition) is 1. The fraction of sp³-hybridized carbons (Fsp3) is 0.130. The molecule has 1 heterocycles. The molecule has 0 bridgehead atoms. The Morgan fingerprint density at radius 2 is 1.79 bits per heavy atom. The van der Waals surface area contributed by atoms with Gasteiger partial charge in [-0.15, -0.1) is 0 Å². The summed E-state index contributed by atoms with van der Waals surface area (Å²) >= 11 is 7.03. The molecule has 0 aliphatic rings. The van der Waals surface area contributed by atoms with Gasteiger partial charge in [-0.25, -0.2) is 17.4 Å². The molecular weight excluding hydrogens is 498 g/mol. The minimum absolute atomic E-state index is 0.0754. The molecule has 0 aliphatic carbocycles. The molecule has 1 aromatic heterocycles. The summed E-state index contributed by atoms with van der Waals surface area (Å²) in [4.78, 5) is 17.2. The second kappa shape index (κ2) is 9.96. The van der Waals surface area contributed by atoms with E-state index in [1.165, 1.54) is 26.4 Å². The third kappa shape index (κ3) is 4.84. The van der Waals surface area contributed by atoms with Gasteiger partial charge in [-0.1, -0.05) is 35.5 Å². The normalized spacial score (nSPS) is 11.4. The number of carbonyl (C=O) groups is 1. The Kier molecular flexibility index (Phi) is 7.01. The number of fused-ring (bicyclic) bond motifs is 1. The first kappa shape index (κ1) is 23.9. The molecule has 4 rings (SSSR count). The van der Waals surface area contributed by atoms with Gasteiger partial charge in [0.05, 0.1) is 41.6 Å². The standard InChI is InChI=1S/C23H20ClN3O5S2/c1-31-16-8-10-17(11-9-16)34(29,30)27-20-6-4-3-5-18(20)26-23(27)33-14-22(28)25-19-13-15(24)7-12-21(19)32-2/h3-13H,14H2,1-2H3,(H,25,28). The number of halogens is 1. The number of rotatable bonds is 8. The van der Waals surface area contributed by atoms with Crippen molar-refractivity contribution in [2.75, 3.05) is 25.3 Å². The summed E-state index contributed by atoms with van der Waals surface area (Å²) in [6, 6.07) is 17.8. The smallest absolute Gasteiger partial charge is 0.270 e. The zero-order chi connectivity index (χ0) is 24.3. The first-order valence-corrected chi connectivity index (χ1v) is 12.8. The first-order valence-electron chi connectivity index (χ1n) is 9.97. The third-order valence-electron chi connectivity index (χ3n) is 4.86. The van der Waals surface area contributed by atoms with Crippen molar-refractivity contribution in [3.8, 4) is 11.5 Å². The van der Waals surface area contributed by atoms with Crippen molar-refractivity contribution in [1.82, 2.24) is 8.96 Å². The number of anilines is 1. The highest BCUT2D eigenvalue weighted by Crippen LogP contribution is 2.31. The number of methoxy groups -OCH3 is 2. The average molecular weight is 518 g/mol. The molecule has 0 fully saturated rings. The van der Waals surface area contributed by atoms with Crippen molar-refractivity contribution in [2.24, 2.45) is 0 Å². The molecule has 176 valence electrons. The number of nitrogens with one attached hydrogen (secondary N) is 1. The summed E-state index contributed by atoms with van der Waals surface area (Å²) in [6.07, 6.45) is 0. The molecular formula is C23H20ClN3O5S2. The van der Waals surface area contributed by atoms with Crippen molar-refractivity contribution < 1.29 is 22.7 Å². The van der Waals surface area contributed by atoms with E-state index in [0.29, 0.717) is 33.2 Å². The number of ether oxygens (including phenoxy) is 2. The fourth-order valence-corrected chi connectivity index (χ4v) is 5.94.